The smallest absolute Gasteiger partial charge is 0.172 e. The van der Waals surface area contributed by atoms with E-state index in [9.17, 15) is 5.11 Å². The number of nitrogens with one attached hydrogen (secondary N) is 1. The number of hydrogen-bond donors (Lipinski definition) is 2. The molecule has 0 atom stereocenters. The Labute approximate surface area is 127 Å². The number of aromatic hydroxyl groups is 1. The van der Waals surface area contributed by atoms with Crippen LogP contribution < -0.4 is 10.1 Å². The van der Waals surface area contributed by atoms with Crippen LogP contribution in [0, 0.1) is 13.8 Å². The SMILES string of the molecule is COc1cc(CNc2ccc(C)cc2C)cc(Br)c1O. The van der Waals surface area contributed by atoms with Crippen LogP contribution in [0.2, 0.25) is 0 Å². The van der Waals surface area contributed by atoms with Crippen LogP contribution in [0.25, 0.3) is 0 Å². The molecule has 0 fully saturated rings. The largest absolute Gasteiger partial charge is 0.503 e. The van der Waals surface area contributed by atoms with E-state index >= 15 is 0 Å². The van der Waals surface area contributed by atoms with Crippen LogP contribution >= 0.6 is 15.9 Å². The number of rotatable bonds is 4. The van der Waals surface area contributed by atoms with Crippen LogP contribution in [0.4, 0.5) is 5.69 Å². The van der Waals surface area contributed by atoms with E-state index in [4.69, 9.17) is 4.74 Å². The van der Waals surface area contributed by atoms with Gasteiger partial charge >= 0.3 is 0 Å². The van der Waals surface area contributed by atoms with Crippen molar-refractivity contribution in [1.82, 2.24) is 0 Å². The van der Waals surface area contributed by atoms with Crippen molar-refractivity contribution in [3.63, 3.8) is 0 Å². The van der Waals surface area contributed by atoms with E-state index < -0.39 is 0 Å². The highest BCUT2D eigenvalue weighted by molar-refractivity contribution is 9.10. The molecule has 3 nitrogen and oxygen atoms in total. The van der Waals surface area contributed by atoms with Gasteiger partial charge in [-0.15, -0.1) is 0 Å². The molecule has 106 valence electrons. The molecule has 0 amide bonds. The minimum absolute atomic E-state index is 0.128. The zero-order chi connectivity index (χ0) is 14.7. The third-order valence-corrected chi connectivity index (χ3v) is 3.78. The van der Waals surface area contributed by atoms with Gasteiger partial charge in [0.05, 0.1) is 11.6 Å². The first-order valence-corrected chi connectivity index (χ1v) is 7.17. The standard InChI is InChI=1S/C16H18BrNO2/c1-10-4-5-14(11(2)6-10)18-9-12-7-13(17)16(19)15(8-12)20-3/h4-8,18-19H,9H2,1-3H3. The third kappa shape index (κ3) is 3.25. The fourth-order valence-corrected chi connectivity index (χ4v) is 2.58. The first-order valence-electron chi connectivity index (χ1n) is 6.37. The Balaban J connectivity index is 2.16. The van der Waals surface area contributed by atoms with Crippen molar-refractivity contribution in [1.29, 1.82) is 0 Å². The zero-order valence-corrected chi connectivity index (χ0v) is 13.4. The number of halogens is 1. The predicted octanol–water partition coefficient (Wildman–Crippen LogP) is 4.39. The molecule has 0 unspecified atom stereocenters. The summed E-state index contributed by atoms with van der Waals surface area (Å²) in [5.74, 6) is 0.597. The maximum absolute atomic E-state index is 9.79. The first kappa shape index (κ1) is 14.7. The van der Waals surface area contributed by atoms with Crippen molar-refractivity contribution in [2.75, 3.05) is 12.4 Å². The Morgan fingerprint density at radius 1 is 1.20 bits per heavy atom. The third-order valence-electron chi connectivity index (χ3n) is 3.17. The Kier molecular flexibility index (Phi) is 4.55. The lowest BCUT2D eigenvalue weighted by Crippen LogP contribution is -2.01. The number of hydrogen-bond acceptors (Lipinski definition) is 3. The minimum atomic E-state index is 0.128. The van der Waals surface area contributed by atoms with Gasteiger partial charge in [-0.2, -0.15) is 0 Å². The van der Waals surface area contributed by atoms with Gasteiger partial charge < -0.3 is 15.2 Å². The highest BCUT2D eigenvalue weighted by Gasteiger charge is 2.08. The number of phenolic OH excluding ortho intramolecular Hbond substituents is 1. The summed E-state index contributed by atoms with van der Waals surface area (Å²) in [5, 5.41) is 13.2. The van der Waals surface area contributed by atoms with Crippen LogP contribution in [-0.2, 0) is 6.54 Å². The average molecular weight is 336 g/mol. The number of anilines is 1. The molecule has 0 aliphatic carbocycles. The molecule has 0 radical (unpaired) electrons. The molecule has 0 bridgehead atoms. The molecule has 2 aromatic rings. The van der Waals surface area contributed by atoms with Gasteiger partial charge in [0.15, 0.2) is 11.5 Å². The molecule has 0 saturated carbocycles. The number of methoxy groups -OCH3 is 1. The maximum atomic E-state index is 9.79. The van der Waals surface area contributed by atoms with E-state index in [2.05, 4.69) is 53.3 Å². The van der Waals surface area contributed by atoms with Crippen molar-refractivity contribution >= 4 is 21.6 Å². The molecule has 4 heteroatoms. The molecule has 0 aliphatic rings. The minimum Gasteiger partial charge on any atom is -0.503 e. The summed E-state index contributed by atoms with van der Waals surface area (Å²) in [4.78, 5) is 0. The molecule has 0 spiro atoms. The quantitative estimate of drug-likeness (QED) is 0.870. The van der Waals surface area contributed by atoms with Gasteiger partial charge in [-0.3, -0.25) is 0 Å². The summed E-state index contributed by atoms with van der Waals surface area (Å²) < 4.78 is 5.78. The molecule has 0 aliphatic heterocycles. The molecule has 2 N–H and O–H groups in total. The zero-order valence-electron chi connectivity index (χ0n) is 11.8. The Morgan fingerprint density at radius 3 is 2.60 bits per heavy atom. The molecule has 0 saturated heterocycles. The molecule has 2 aromatic carbocycles. The van der Waals surface area contributed by atoms with Gasteiger partial charge in [-0.05, 0) is 59.1 Å². The highest BCUT2D eigenvalue weighted by atomic mass is 79.9. The van der Waals surface area contributed by atoms with Crippen LogP contribution in [0.15, 0.2) is 34.8 Å². The Bertz CT molecular complexity index is 626. The van der Waals surface area contributed by atoms with Crippen molar-refractivity contribution in [3.05, 3.63) is 51.5 Å². The molecular formula is C16H18BrNO2. The Hall–Kier alpha value is -1.68. The summed E-state index contributed by atoms with van der Waals surface area (Å²) in [7, 11) is 1.54. The lowest BCUT2D eigenvalue weighted by atomic mass is 10.1. The summed E-state index contributed by atoms with van der Waals surface area (Å²) in [6, 6.07) is 10.0. The summed E-state index contributed by atoms with van der Waals surface area (Å²) in [6.07, 6.45) is 0. The van der Waals surface area contributed by atoms with Crippen LogP contribution in [0.3, 0.4) is 0 Å². The second-order valence-corrected chi connectivity index (χ2v) is 5.65. The second-order valence-electron chi connectivity index (χ2n) is 4.80. The van der Waals surface area contributed by atoms with E-state index in [1.54, 1.807) is 7.11 Å². The number of aryl methyl sites for hydroxylation is 2. The number of ether oxygens (including phenoxy) is 1. The lowest BCUT2D eigenvalue weighted by Gasteiger charge is -2.12. The monoisotopic (exact) mass is 335 g/mol. The van der Waals surface area contributed by atoms with Gasteiger partial charge in [0.25, 0.3) is 0 Å². The second kappa shape index (κ2) is 6.18. The highest BCUT2D eigenvalue weighted by Crippen LogP contribution is 2.35. The fourth-order valence-electron chi connectivity index (χ4n) is 2.09. The maximum Gasteiger partial charge on any atom is 0.172 e. The van der Waals surface area contributed by atoms with Gasteiger partial charge in [-0.25, -0.2) is 0 Å². The van der Waals surface area contributed by atoms with Gasteiger partial charge in [0.2, 0.25) is 0 Å². The lowest BCUT2D eigenvalue weighted by molar-refractivity contribution is 0.371. The number of phenols is 1. The molecule has 2 rings (SSSR count). The van der Waals surface area contributed by atoms with Crippen molar-refractivity contribution in [2.24, 2.45) is 0 Å². The number of benzene rings is 2. The van der Waals surface area contributed by atoms with Crippen LogP contribution in [0.5, 0.6) is 11.5 Å². The van der Waals surface area contributed by atoms with Crippen molar-refractivity contribution in [2.45, 2.75) is 20.4 Å². The van der Waals surface area contributed by atoms with Crippen LogP contribution in [0.1, 0.15) is 16.7 Å². The van der Waals surface area contributed by atoms with E-state index in [1.807, 2.05) is 12.1 Å². The first-order chi connectivity index (χ1) is 9.51. The van der Waals surface area contributed by atoms with E-state index in [0.29, 0.717) is 16.8 Å². The van der Waals surface area contributed by atoms with Gasteiger partial charge in [0, 0.05) is 12.2 Å². The molecular weight excluding hydrogens is 318 g/mol. The van der Waals surface area contributed by atoms with Crippen molar-refractivity contribution < 1.29 is 9.84 Å². The summed E-state index contributed by atoms with van der Waals surface area (Å²) in [5.41, 5.74) is 4.61. The van der Waals surface area contributed by atoms with E-state index in [0.717, 1.165) is 11.3 Å². The van der Waals surface area contributed by atoms with Crippen LogP contribution in [-0.4, -0.2) is 12.2 Å². The molecule has 0 heterocycles. The molecule has 20 heavy (non-hydrogen) atoms. The Morgan fingerprint density at radius 2 is 1.95 bits per heavy atom. The van der Waals surface area contributed by atoms with E-state index in [1.165, 1.54) is 11.1 Å². The van der Waals surface area contributed by atoms with Crippen molar-refractivity contribution in [3.8, 4) is 11.5 Å². The molecule has 0 aromatic heterocycles. The fraction of sp³-hybridized carbons (Fsp3) is 0.250. The average Bonchev–Trinajstić information content (AvgIpc) is 2.41. The summed E-state index contributed by atoms with van der Waals surface area (Å²) >= 11 is 3.33. The predicted molar refractivity (Wildman–Crippen MR) is 85.6 cm³/mol. The van der Waals surface area contributed by atoms with E-state index in [-0.39, 0.29) is 5.75 Å². The topological polar surface area (TPSA) is 41.5 Å². The normalized spacial score (nSPS) is 10.4. The summed E-state index contributed by atoms with van der Waals surface area (Å²) in [6.45, 7) is 4.83. The van der Waals surface area contributed by atoms with Gasteiger partial charge in [0.1, 0.15) is 0 Å². The van der Waals surface area contributed by atoms with Gasteiger partial charge in [-0.1, -0.05) is 17.7 Å².